The maximum atomic E-state index is 13.3. The molecule has 0 aliphatic carbocycles. The van der Waals surface area contributed by atoms with Crippen LogP contribution in [0.1, 0.15) is 12.5 Å². The Hall–Kier alpha value is -1.10. The molecule has 0 atom stereocenters. The molecule has 0 fully saturated rings. The topological polar surface area (TPSA) is 21.3 Å². The predicted octanol–water partition coefficient (Wildman–Crippen LogP) is 5.14. The van der Waals surface area contributed by atoms with Gasteiger partial charge in [0.05, 0.1) is 4.47 Å². The summed E-state index contributed by atoms with van der Waals surface area (Å²) < 4.78 is 19.9. The van der Waals surface area contributed by atoms with Crippen LogP contribution in [0.4, 0.5) is 4.39 Å². The van der Waals surface area contributed by atoms with Gasteiger partial charge in [-0.15, -0.1) is 0 Å². The lowest BCUT2D eigenvalue weighted by Crippen LogP contribution is -2.12. The summed E-state index contributed by atoms with van der Waals surface area (Å²) in [7, 11) is 0. The number of ether oxygens (including phenoxy) is 1. The summed E-state index contributed by atoms with van der Waals surface area (Å²) in [6, 6.07) is 9.76. The van der Waals surface area contributed by atoms with Crippen LogP contribution in [0.2, 0.25) is 5.02 Å². The van der Waals surface area contributed by atoms with Crippen molar-refractivity contribution in [1.29, 1.82) is 0 Å². The van der Waals surface area contributed by atoms with Crippen molar-refractivity contribution in [3.63, 3.8) is 0 Å². The van der Waals surface area contributed by atoms with Crippen molar-refractivity contribution in [2.45, 2.75) is 13.5 Å². The third-order valence-corrected chi connectivity index (χ3v) is 3.56. The predicted molar refractivity (Wildman–Crippen MR) is 83.0 cm³/mol. The van der Waals surface area contributed by atoms with Gasteiger partial charge in [-0.3, -0.25) is 0 Å². The van der Waals surface area contributed by atoms with Crippen LogP contribution in [0.3, 0.4) is 0 Å². The van der Waals surface area contributed by atoms with Crippen LogP contribution in [0.25, 0.3) is 0 Å². The van der Waals surface area contributed by atoms with Crippen LogP contribution in [-0.4, -0.2) is 6.54 Å². The molecule has 20 heavy (non-hydrogen) atoms. The van der Waals surface area contributed by atoms with E-state index >= 15 is 0 Å². The van der Waals surface area contributed by atoms with Gasteiger partial charge in [0, 0.05) is 17.1 Å². The molecule has 2 rings (SSSR count). The number of halogens is 3. The summed E-state index contributed by atoms with van der Waals surface area (Å²) in [5.74, 6) is 0.981. The zero-order valence-electron chi connectivity index (χ0n) is 10.9. The molecule has 0 saturated heterocycles. The lowest BCUT2D eigenvalue weighted by atomic mass is 10.2. The fraction of sp³-hybridized carbons (Fsp3) is 0.200. The Morgan fingerprint density at radius 2 is 1.95 bits per heavy atom. The molecule has 2 nitrogen and oxygen atoms in total. The van der Waals surface area contributed by atoms with Crippen molar-refractivity contribution in [3.8, 4) is 11.5 Å². The molecule has 1 N–H and O–H groups in total. The van der Waals surface area contributed by atoms with Gasteiger partial charge in [-0.2, -0.15) is 0 Å². The molecule has 0 aliphatic heterocycles. The molecule has 0 heterocycles. The van der Waals surface area contributed by atoms with Crippen molar-refractivity contribution < 1.29 is 9.13 Å². The van der Waals surface area contributed by atoms with Gasteiger partial charge in [0.1, 0.15) is 17.3 Å². The molecular formula is C15H14BrClFNO. The number of rotatable bonds is 5. The molecule has 2 aromatic rings. The molecule has 0 radical (unpaired) electrons. The van der Waals surface area contributed by atoms with Crippen molar-refractivity contribution in [1.82, 2.24) is 5.32 Å². The molecule has 0 amide bonds. The van der Waals surface area contributed by atoms with Gasteiger partial charge < -0.3 is 10.1 Å². The number of benzene rings is 2. The smallest absolute Gasteiger partial charge is 0.141 e. The SMILES string of the molecule is CCNCc1cc(F)ccc1Oc1ccc(Cl)cc1Br. The van der Waals surface area contributed by atoms with E-state index in [-0.39, 0.29) is 5.82 Å². The maximum absolute atomic E-state index is 13.3. The van der Waals surface area contributed by atoms with Crippen LogP contribution in [-0.2, 0) is 6.54 Å². The molecule has 2 aromatic carbocycles. The molecule has 0 saturated carbocycles. The molecule has 0 aliphatic rings. The first kappa shape index (κ1) is 15.3. The molecule has 106 valence electrons. The highest BCUT2D eigenvalue weighted by Crippen LogP contribution is 2.33. The lowest BCUT2D eigenvalue weighted by Gasteiger charge is -2.13. The Morgan fingerprint density at radius 3 is 2.65 bits per heavy atom. The van der Waals surface area contributed by atoms with Gasteiger partial charge >= 0.3 is 0 Å². The van der Waals surface area contributed by atoms with E-state index in [1.165, 1.54) is 12.1 Å². The van der Waals surface area contributed by atoms with Crippen LogP contribution in [0, 0.1) is 5.82 Å². The fourth-order valence-electron chi connectivity index (χ4n) is 1.72. The van der Waals surface area contributed by atoms with Crippen LogP contribution in [0.15, 0.2) is 40.9 Å². The first-order chi connectivity index (χ1) is 9.60. The minimum atomic E-state index is -0.277. The fourth-order valence-corrected chi connectivity index (χ4v) is 2.49. The first-order valence-electron chi connectivity index (χ1n) is 6.22. The van der Waals surface area contributed by atoms with Gasteiger partial charge in [-0.25, -0.2) is 4.39 Å². The minimum absolute atomic E-state index is 0.277. The zero-order chi connectivity index (χ0) is 14.5. The van der Waals surface area contributed by atoms with Crippen molar-refractivity contribution >= 4 is 27.5 Å². The summed E-state index contributed by atoms with van der Waals surface area (Å²) >= 11 is 9.29. The zero-order valence-corrected chi connectivity index (χ0v) is 13.3. The van der Waals surface area contributed by atoms with E-state index in [1.807, 2.05) is 6.92 Å². The molecule has 5 heteroatoms. The Labute approximate surface area is 131 Å². The second-order valence-corrected chi connectivity index (χ2v) is 5.50. The van der Waals surface area contributed by atoms with E-state index < -0.39 is 0 Å². The van der Waals surface area contributed by atoms with Crippen molar-refractivity contribution in [2.24, 2.45) is 0 Å². The summed E-state index contributed by atoms with van der Waals surface area (Å²) in [5, 5.41) is 3.78. The number of nitrogens with one attached hydrogen (secondary N) is 1. The number of hydrogen-bond acceptors (Lipinski definition) is 2. The minimum Gasteiger partial charge on any atom is -0.456 e. The van der Waals surface area contributed by atoms with Crippen LogP contribution >= 0.6 is 27.5 Å². The Kier molecular flexibility index (Phi) is 5.40. The highest BCUT2D eigenvalue weighted by atomic mass is 79.9. The van der Waals surface area contributed by atoms with Gasteiger partial charge in [0.15, 0.2) is 0 Å². The average molecular weight is 359 g/mol. The Balaban J connectivity index is 2.27. The quantitative estimate of drug-likeness (QED) is 0.798. The highest BCUT2D eigenvalue weighted by molar-refractivity contribution is 9.10. The second kappa shape index (κ2) is 7.07. The standard InChI is InChI=1S/C15H14BrClFNO/c1-2-19-9-10-7-12(18)4-6-14(10)20-15-5-3-11(17)8-13(15)16/h3-8,19H,2,9H2,1H3. The molecule has 0 spiro atoms. The molecule has 0 bridgehead atoms. The van der Waals surface area contributed by atoms with E-state index in [4.69, 9.17) is 16.3 Å². The van der Waals surface area contributed by atoms with Gasteiger partial charge in [-0.05, 0) is 58.9 Å². The number of hydrogen-bond donors (Lipinski definition) is 1. The maximum Gasteiger partial charge on any atom is 0.141 e. The van der Waals surface area contributed by atoms with Gasteiger partial charge in [0.25, 0.3) is 0 Å². The van der Waals surface area contributed by atoms with Crippen LogP contribution in [0.5, 0.6) is 11.5 Å². The van der Waals surface area contributed by atoms with Gasteiger partial charge in [-0.1, -0.05) is 18.5 Å². The van der Waals surface area contributed by atoms with E-state index in [0.29, 0.717) is 23.1 Å². The van der Waals surface area contributed by atoms with E-state index in [9.17, 15) is 4.39 Å². The second-order valence-electron chi connectivity index (χ2n) is 4.21. The summed E-state index contributed by atoms with van der Waals surface area (Å²) in [5.41, 5.74) is 0.772. The molecular weight excluding hydrogens is 345 g/mol. The highest BCUT2D eigenvalue weighted by Gasteiger charge is 2.09. The molecule has 0 unspecified atom stereocenters. The third-order valence-electron chi connectivity index (χ3n) is 2.70. The third kappa shape index (κ3) is 3.95. The monoisotopic (exact) mass is 357 g/mol. The largest absolute Gasteiger partial charge is 0.456 e. The average Bonchev–Trinajstić information content (AvgIpc) is 2.41. The van der Waals surface area contributed by atoms with Crippen LogP contribution < -0.4 is 10.1 Å². The van der Waals surface area contributed by atoms with E-state index in [0.717, 1.165) is 16.6 Å². The Morgan fingerprint density at radius 1 is 1.20 bits per heavy atom. The Bertz CT molecular complexity index is 606. The van der Waals surface area contributed by atoms with Crippen molar-refractivity contribution in [2.75, 3.05) is 6.54 Å². The van der Waals surface area contributed by atoms with E-state index in [1.54, 1.807) is 24.3 Å². The summed E-state index contributed by atoms with van der Waals surface area (Å²) in [6.45, 7) is 3.35. The summed E-state index contributed by atoms with van der Waals surface area (Å²) in [4.78, 5) is 0. The first-order valence-corrected chi connectivity index (χ1v) is 7.39. The summed E-state index contributed by atoms with van der Waals surface area (Å²) in [6.07, 6.45) is 0. The van der Waals surface area contributed by atoms with E-state index in [2.05, 4.69) is 21.2 Å². The normalized spacial score (nSPS) is 10.6. The van der Waals surface area contributed by atoms with Crippen molar-refractivity contribution in [3.05, 3.63) is 57.3 Å². The molecule has 0 aromatic heterocycles. The van der Waals surface area contributed by atoms with Gasteiger partial charge in [0.2, 0.25) is 0 Å². The lowest BCUT2D eigenvalue weighted by molar-refractivity contribution is 0.468.